The van der Waals surface area contributed by atoms with Crippen LogP contribution in [0.4, 0.5) is 0 Å². The highest BCUT2D eigenvalue weighted by Gasteiger charge is 2.08. The third kappa shape index (κ3) is 1.65. The van der Waals surface area contributed by atoms with Gasteiger partial charge in [0.25, 0.3) is 0 Å². The van der Waals surface area contributed by atoms with Crippen LogP contribution < -0.4 is 4.74 Å². The minimum absolute atomic E-state index is 0.772. The zero-order valence-electron chi connectivity index (χ0n) is 7.53. The van der Waals surface area contributed by atoms with E-state index in [2.05, 4.69) is 21.1 Å². The minimum atomic E-state index is 0.772. The van der Waals surface area contributed by atoms with Gasteiger partial charge in [-0.15, -0.1) is 0 Å². The van der Waals surface area contributed by atoms with E-state index in [0.29, 0.717) is 0 Å². The van der Waals surface area contributed by atoms with Crippen LogP contribution in [-0.4, -0.2) is 12.3 Å². The summed E-state index contributed by atoms with van der Waals surface area (Å²) in [4.78, 5) is 0. The van der Waals surface area contributed by atoms with Crippen LogP contribution in [0.2, 0.25) is 0 Å². The summed E-state index contributed by atoms with van der Waals surface area (Å²) in [5.74, 6) is 0.772. The smallest absolute Gasteiger partial charge is 0.129 e. The van der Waals surface area contributed by atoms with Crippen molar-refractivity contribution in [1.82, 2.24) is 5.16 Å². The maximum absolute atomic E-state index is 5.24. The second-order valence-electron chi connectivity index (χ2n) is 2.73. The van der Waals surface area contributed by atoms with Gasteiger partial charge < -0.3 is 9.26 Å². The molecule has 0 aliphatic carbocycles. The molecule has 0 saturated carbocycles. The molecule has 14 heavy (non-hydrogen) atoms. The number of aromatic nitrogens is 1. The first kappa shape index (κ1) is 9.27. The van der Waals surface area contributed by atoms with E-state index in [0.717, 1.165) is 21.5 Å². The van der Waals surface area contributed by atoms with Crippen molar-refractivity contribution in [1.29, 1.82) is 0 Å². The lowest BCUT2D eigenvalue weighted by molar-refractivity contribution is 0.411. The molecule has 4 heteroatoms. The number of halogens is 1. The Bertz CT molecular complexity index is 426. The van der Waals surface area contributed by atoms with Crippen LogP contribution in [0.1, 0.15) is 0 Å². The Hall–Kier alpha value is -1.29. The Morgan fingerprint density at radius 3 is 2.86 bits per heavy atom. The van der Waals surface area contributed by atoms with Crippen LogP contribution >= 0.6 is 15.9 Å². The number of hydrogen-bond acceptors (Lipinski definition) is 3. The molecule has 72 valence electrons. The van der Waals surface area contributed by atoms with E-state index >= 15 is 0 Å². The zero-order valence-corrected chi connectivity index (χ0v) is 9.11. The van der Waals surface area contributed by atoms with Crippen LogP contribution in [0.25, 0.3) is 11.3 Å². The van der Waals surface area contributed by atoms with Crippen molar-refractivity contribution < 1.29 is 9.26 Å². The Labute approximate surface area is 89.8 Å². The van der Waals surface area contributed by atoms with Gasteiger partial charge in [-0.3, -0.25) is 0 Å². The number of rotatable bonds is 2. The third-order valence-electron chi connectivity index (χ3n) is 1.88. The SMILES string of the molecule is COc1cc(Br)ccc1-c1ccon1. The Balaban J connectivity index is 2.53. The highest BCUT2D eigenvalue weighted by Crippen LogP contribution is 2.31. The molecule has 0 aliphatic heterocycles. The number of methoxy groups -OCH3 is 1. The van der Waals surface area contributed by atoms with Crippen molar-refractivity contribution in [3.8, 4) is 17.0 Å². The fourth-order valence-corrected chi connectivity index (χ4v) is 1.57. The molecule has 1 heterocycles. The second-order valence-corrected chi connectivity index (χ2v) is 3.64. The Morgan fingerprint density at radius 1 is 1.36 bits per heavy atom. The number of nitrogens with zero attached hydrogens (tertiary/aromatic N) is 1. The van der Waals surface area contributed by atoms with Gasteiger partial charge in [0.15, 0.2) is 0 Å². The maximum atomic E-state index is 5.24. The van der Waals surface area contributed by atoms with Gasteiger partial charge in [0.1, 0.15) is 17.7 Å². The standard InChI is InChI=1S/C10H8BrNO2/c1-13-10-6-7(11)2-3-8(10)9-4-5-14-12-9/h2-6H,1H3. The van der Waals surface area contributed by atoms with Crippen molar-refractivity contribution in [2.45, 2.75) is 0 Å². The van der Waals surface area contributed by atoms with E-state index in [1.54, 1.807) is 13.2 Å². The summed E-state index contributed by atoms with van der Waals surface area (Å²) in [5.41, 5.74) is 1.69. The van der Waals surface area contributed by atoms with Crippen LogP contribution in [0.15, 0.2) is 39.5 Å². The Kier molecular flexibility index (Phi) is 2.54. The Morgan fingerprint density at radius 2 is 2.21 bits per heavy atom. The fraction of sp³-hybridized carbons (Fsp3) is 0.100. The lowest BCUT2D eigenvalue weighted by Gasteiger charge is -2.05. The van der Waals surface area contributed by atoms with E-state index in [1.165, 1.54) is 6.26 Å². The first-order valence-electron chi connectivity index (χ1n) is 4.05. The predicted octanol–water partition coefficient (Wildman–Crippen LogP) is 3.11. The molecule has 0 N–H and O–H groups in total. The van der Waals surface area contributed by atoms with Crippen LogP contribution in [0.5, 0.6) is 5.75 Å². The topological polar surface area (TPSA) is 35.3 Å². The van der Waals surface area contributed by atoms with Gasteiger partial charge in [0, 0.05) is 16.1 Å². The molecule has 0 radical (unpaired) electrons. The van der Waals surface area contributed by atoms with Crippen molar-refractivity contribution in [3.63, 3.8) is 0 Å². The summed E-state index contributed by atoms with van der Waals surface area (Å²) in [6, 6.07) is 7.56. The first-order chi connectivity index (χ1) is 6.81. The molecule has 0 saturated heterocycles. The van der Waals surface area contributed by atoms with E-state index in [1.807, 2.05) is 18.2 Å². The van der Waals surface area contributed by atoms with Crippen molar-refractivity contribution in [2.75, 3.05) is 7.11 Å². The van der Waals surface area contributed by atoms with E-state index in [4.69, 9.17) is 9.26 Å². The van der Waals surface area contributed by atoms with Gasteiger partial charge in [-0.2, -0.15) is 0 Å². The maximum Gasteiger partial charge on any atom is 0.129 e. The van der Waals surface area contributed by atoms with E-state index < -0.39 is 0 Å². The average molecular weight is 254 g/mol. The highest BCUT2D eigenvalue weighted by atomic mass is 79.9. The first-order valence-corrected chi connectivity index (χ1v) is 4.85. The molecule has 1 aromatic carbocycles. The molecule has 0 atom stereocenters. The summed E-state index contributed by atoms with van der Waals surface area (Å²) < 4.78 is 11.0. The molecular weight excluding hydrogens is 246 g/mol. The van der Waals surface area contributed by atoms with E-state index in [-0.39, 0.29) is 0 Å². The second kappa shape index (κ2) is 3.84. The lowest BCUT2D eigenvalue weighted by Crippen LogP contribution is -1.87. The number of hydrogen-bond donors (Lipinski definition) is 0. The third-order valence-corrected chi connectivity index (χ3v) is 2.37. The van der Waals surface area contributed by atoms with Crippen molar-refractivity contribution >= 4 is 15.9 Å². The van der Waals surface area contributed by atoms with Gasteiger partial charge in [-0.1, -0.05) is 21.1 Å². The monoisotopic (exact) mass is 253 g/mol. The minimum Gasteiger partial charge on any atom is -0.496 e. The van der Waals surface area contributed by atoms with Gasteiger partial charge in [0.2, 0.25) is 0 Å². The van der Waals surface area contributed by atoms with Gasteiger partial charge in [-0.25, -0.2) is 0 Å². The summed E-state index contributed by atoms with van der Waals surface area (Å²) >= 11 is 3.38. The van der Waals surface area contributed by atoms with Gasteiger partial charge in [-0.05, 0) is 18.2 Å². The molecule has 2 rings (SSSR count). The van der Waals surface area contributed by atoms with Gasteiger partial charge >= 0.3 is 0 Å². The molecular formula is C10H8BrNO2. The summed E-state index contributed by atoms with van der Waals surface area (Å²) in [7, 11) is 1.63. The van der Waals surface area contributed by atoms with Crippen LogP contribution in [-0.2, 0) is 0 Å². The number of benzene rings is 1. The summed E-state index contributed by atoms with van der Waals surface area (Å²) in [5, 5.41) is 3.85. The van der Waals surface area contributed by atoms with Crippen LogP contribution in [0.3, 0.4) is 0 Å². The molecule has 3 nitrogen and oxygen atoms in total. The predicted molar refractivity (Wildman–Crippen MR) is 56.2 cm³/mol. The van der Waals surface area contributed by atoms with Crippen molar-refractivity contribution in [3.05, 3.63) is 35.0 Å². The number of ether oxygens (including phenoxy) is 1. The molecule has 0 unspecified atom stereocenters. The zero-order chi connectivity index (χ0) is 9.97. The van der Waals surface area contributed by atoms with Crippen LogP contribution in [0, 0.1) is 0 Å². The molecule has 0 aliphatic rings. The summed E-state index contributed by atoms with van der Waals surface area (Å²) in [6.07, 6.45) is 1.54. The molecule has 0 bridgehead atoms. The van der Waals surface area contributed by atoms with Gasteiger partial charge in [0.05, 0.1) is 7.11 Å². The lowest BCUT2D eigenvalue weighted by atomic mass is 10.1. The van der Waals surface area contributed by atoms with E-state index in [9.17, 15) is 0 Å². The fourth-order valence-electron chi connectivity index (χ4n) is 1.23. The average Bonchev–Trinajstić information content (AvgIpc) is 2.70. The molecule has 2 aromatic rings. The van der Waals surface area contributed by atoms with Crippen molar-refractivity contribution in [2.24, 2.45) is 0 Å². The molecule has 0 amide bonds. The molecule has 0 fully saturated rings. The quantitative estimate of drug-likeness (QED) is 0.825. The molecule has 0 spiro atoms. The molecule has 1 aromatic heterocycles. The summed E-state index contributed by atoms with van der Waals surface area (Å²) in [6.45, 7) is 0. The normalized spacial score (nSPS) is 10.1. The largest absolute Gasteiger partial charge is 0.496 e. The highest BCUT2D eigenvalue weighted by molar-refractivity contribution is 9.10.